The molecule has 0 atom stereocenters. The monoisotopic (exact) mass is 437 g/mol. The average molecular weight is 438 g/mol. The van der Waals surface area contributed by atoms with Crippen molar-refractivity contribution in [2.45, 2.75) is 38.1 Å². The molecular weight excluding hydrogens is 409 g/mol. The second-order valence-electron chi connectivity index (χ2n) is 8.17. The molecule has 168 valence electrons. The number of aromatic nitrogens is 3. The fourth-order valence-electron chi connectivity index (χ4n) is 4.02. The van der Waals surface area contributed by atoms with Crippen molar-refractivity contribution in [1.82, 2.24) is 24.9 Å². The van der Waals surface area contributed by atoms with Crippen molar-refractivity contribution < 1.29 is 13.7 Å². The van der Waals surface area contributed by atoms with E-state index < -0.39 is 0 Å². The maximum absolute atomic E-state index is 13.1. The molecular formula is C24H28FN5O2. The van der Waals surface area contributed by atoms with Gasteiger partial charge in [0.25, 0.3) is 0 Å². The van der Waals surface area contributed by atoms with E-state index in [1.54, 1.807) is 12.1 Å². The first-order valence-electron chi connectivity index (χ1n) is 11.0. The van der Waals surface area contributed by atoms with E-state index in [-0.39, 0.29) is 17.8 Å². The van der Waals surface area contributed by atoms with Gasteiger partial charge in [0.1, 0.15) is 5.82 Å². The molecule has 1 aliphatic rings. The van der Waals surface area contributed by atoms with Crippen LogP contribution >= 0.6 is 0 Å². The molecule has 7 nitrogen and oxygen atoms in total. The molecule has 1 aliphatic heterocycles. The summed E-state index contributed by atoms with van der Waals surface area (Å²) >= 11 is 0. The summed E-state index contributed by atoms with van der Waals surface area (Å²) < 4.78 is 18.3. The number of carbonyl (C=O) groups excluding carboxylic acids is 1. The van der Waals surface area contributed by atoms with Gasteiger partial charge in [-0.2, -0.15) is 4.98 Å². The summed E-state index contributed by atoms with van der Waals surface area (Å²) in [5, 5.41) is 3.93. The molecule has 3 aromatic rings. The van der Waals surface area contributed by atoms with Crippen molar-refractivity contribution >= 4 is 5.91 Å². The van der Waals surface area contributed by atoms with Crippen LogP contribution in [0, 0.1) is 5.82 Å². The highest BCUT2D eigenvalue weighted by Crippen LogP contribution is 2.19. The van der Waals surface area contributed by atoms with Gasteiger partial charge in [-0.1, -0.05) is 11.2 Å². The van der Waals surface area contributed by atoms with Gasteiger partial charge < -0.3 is 14.3 Å². The topological polar surface area (TPSA) is 75.4 Å². The van der Waals surface area contributed by atoms with E-state index in [1.165, 1.54) is 12.1 Å². The van der Waals surface area contributed by atoms with Gasteiger partial charge in [0, 0.05) is 69.4 Å². The van der Waals surface area contributed by atoms with E-state index in [2.05, 4.69) is 26.1 Å². The van der Waals surface area contributed by atoms with E-state index in [9.17, 15) is 9.18 Å². The Kier molecular flexibility index (Phi) is 7.21. The first-order valence-corrected chi connectivity index (χ1v) is 11.0. The van der Waals surface area contributed by atoms with Crippen molar-refractivity contribution in [3.63, 3.8) is 0 Å². The first-order chi connectivity index (χ1) is 15.6. The van der Waals surface area contributed by atoms with Gasteiger partial charge in [-0.25, -0.2) is 4.39 Å². The number of pyridine rings is 1. The van der Waals surface area contributed by atoms with E-state index in [1.807, 2.05) is 30.3 Å². The van der Waals surface area contributed by atoms with Gasteiger partial charge >= 0.3 is 0 Å². The molecule has 1 fully saturated rings. The minimum atomic E-state index is -0.315. The standard InChI is InChI=1S/C24H28FN5O2/c1-29(21-12-16-30(17-13-21)15-11-20-4-2-3-14-26-20)23(31)10-9-22-27-24(28-32-22)18-5-7-19(25)8-6-18/h2-8,14,21H,9-13,15-17H2,1H3. The number of piperidine rings is 1. The number of benzene rings is 1. The molecule has 0 radical (unpaired) electrons. The Bertz CT molecular complexity index is 1000. The lowest BCUT2D eigenvalue weighted by Gasteiger charge is -2.36. The summed E-state index contributed by atoms with van der Waals surface area (Å²) in [6.07, 6.45) is 5.44. The Morgan fingerprint density at radius 2 is 1.94 bits per heavy atom. The van der Waals surface area contributed by atoms with Gasteiger partial charge in [0.2, 0.25) is 17.6 Å². The van der Waals surface area contributed by atoms with Gasteiger partial charge in [-0.15, -0.1) is 0 Å². The van der Waals surface area contributed by atoms with Crippen LogP contribution in [0.25, 0.3) is 11.4 Å². The number of carbonyl (C=O) groups is 1. The van der Waals surface area contributed by atoms with Gasteiger partial charge in [0.05, 0.1) is 0 Å². The molecule has 0 aliphatic carbocycles. The van der Waals surface area contributed by atoms with Crippen LogP contribution in [0.2, 0.25) is 0 Å². The molecule has 2 aromatic heterocycles. The summed E-state index contributed by atoms with van der Waals surface area (Å²) in [7, 11) is 1.88. The summed E-state index contributed by atoms with van der Waals surface area (Å²) in [6.45, 7) is 2.97. The summed E-state index contributed by atoms with van der Waals surface area (Å²) in [5.74, 6) is 0.581. The Morgan fingerprint density at radius 3 is 2.66 bits per heavy atom. The van der Waals surface area contributed by atoms with Crippen LogP contribution in [0.5, 0.6) is 0 Å². The highest BCUT2D eigenvalue weighted by Gasteiger charge is 2.25. The van der Waals surface area contributed by atoms with Crippen LogP contribution in [-0.4, -0.2) is 63.6 Å². The van der Waals surface area contributed by atoms with E-state index in [0.717, 1.165) is 44.6 Å². The van der Waals surface area contributed by atoms with Crippen LogP contribution in [0.4, 0.5) is 4.39 Å². The molecule has 0 spiro atoms. The third kappa shape index (κ3) is 5.76. The minimum Gasteiger partial charge on any atom is -0.343 e. The van der Waals surface area contributed by atoms with Gasteiger partial charge in [-0.05, 0) is 49.2 Å². The zero-order valence-corrected chi connectivity index (χ0v) is 18.3. The Morgan fingerprint density at radius 1 is 1.16 bits per heavy atom. The smallest absolute Gasteiger partial charge is 0.227 e. The quantitative estimate of drug-likeness (QED) is 0.538. The minimum absolute atomic E-state index is 0.0819. The number of nitrogens with zero attached hydrogens (tertiary/aromatic N) is 5. The molecule has 1 saturated heterocycles. The summed E-state index contributed by atoms with van der Waals surface area (Å²) in [6, 6.07) is 12.2. The predicted molar refractivity (Wildman–Crippen MR) is 118 cm³/mol. The fourth-order valence-corrected chi connectivity index (χ4v) is 4.02. The summed E-state index contributed by atoms with van der Waals surface area (Å²) in [4.78, 5) is 25.7. The molecule has 1 aromatic carbocycles. The third-order valence-electron chi connectivity index (χ3n) is 6.03. The van der Waals surface area contributed by atoms with Crippen molar-refractivity contribution in [2.75, 3.05) is 26.7 Å². The number of hydrogen-bond donors (Lipinski definition) is 0. The van der Waals surface area contributed by atoms with Crippen LogP contribution in [0.15, 0.2) is 53.2 Å². The van der Waals surface area contributed by atoms with Crippen molar-refractivity contribution in [3.05, 3.63) is 66.1 Å². The zero-order chi connectivity index (χ0) is 22.3. The van der Waals surface area contributed by atoms with Crippen LogP contribution in [0.3, 0.4) is 0 Å². The largest absolute Gasteiger partial charge is 0.343 e. The number of amides is 1. The molecule has 3 heterocycles. The Labute approximate surface area is 187 Å². The lowest BCUT2D eigenvalue weighted by molar-refractivity contribution is -0.132. The summed E-state index contributed by atoms with van der Waals surface area (Å²) in [5.41, 5.74) is 1.80. The second-order valence-corrected chi connectivity index (χ2v) is 8.17. The van der Waals surface area contributed by atoms with Crippen LogP contribution in [0.1, 0.15) is 30.8 Å². The second kappa shape index (κ2) is 10.5. The zero-order valence-electron chi connectivity index (χ0n) is 18.3. The molecule has 0 N–H and O–H groups in total. The van der Waals surface area contributed by atoms with E-state index in [4.69, 9.17) is 4.52 Å². The SMILES string of the molecule is CN(C(=O)CCc1nc(-c2ccc(F)cc2)no1)C1CCN(CCc2ccccn2)CC1. The van der Waals surface area contributed by atoms with Crippen LogP contribution < -0.4 is 0 Å². The first kappa shape index (κ1) is 22.1. The maximum atomic E-state index is 13.1. The molecule has 32 heavy (non-hydrogen) atoms. The fraction of sp³-hybridized carbons (Fsp3) is 0.417. The number of rotatable bonds is 8. The lowest BCUT2D eigenvalue weighted by Crippen LogP contribution is -2.46. The van der Waals surface area contributed by atoms with Crippen LogP contribution in [-0.2, 0) is 17.6 Å². The molecule has 4 rings (SSSR count). The Hall–Kier alpha value is -3.13. The van der Waals surface area contributed by atoms with Gasteiger partial charge in [0.15, 0.2) is 0 Å². The molecule has 0 saturated carbocycles. The maximum Gasteiger partial charge on any atom is 0.227 e. The number of likely N-dealkylation sites (tertiary alicyclic amines) is 1. The lowest BCUT2D eigenvalue weighted by atomic mass is 10.0. The number of hydrogen-bond acceptors (Lipinski definition) is 6. The Balaban J connectivity index is 1.20. The molecule has 0 bridgehead atoms. The predicted octanol–water partition coefficient (Wildman–Crippen LogP) is 3.37. The third-order valence-corrected chi connectivity index (χ3v) is 6.03. The van der Waals surface area contributed by atoms with Gasteiger partial charge in [-0.3, -0.25) is 9.78 Å². The normalized spacial score (nSPS) is 15.1. The number of halogens is 1. The molecule has 1 amide bonds. The molecule has 8 heteroatoms. The van der Waals surface area contributed by atoms with Crippen molar-refractivity contribution in [2.24, 2.45) is 0 Å². The van der Waals surface area contributed by atoms with Crippen molar-refractivity contribution in [1.29, 1.82) is 0 Å². The molecule has 0 unspecified atom stereocenters. The highest BCUT2D eigenvalue weighted by molar-refractivity contribution is 5.76. The van der Waals surface area contributed by atoms with E-state index >= 15 is 0 Å². The van der Waals surface area contributed by atoms with Crippen molar-refractivity contribution in [3.8, 4) is 11.4 Å². The average Bonchev–Trinajstić information content (AvgIpc) is 3.31. The highest BCUT2D eigenvalue weighted by atomic mass is 19.1. The van der Waals surface area contributed by atoms with E-state index in [0.29, 0.717) is 30.1 Å². The number of aryl methyl sites for hydroxylation is 1.